The number of aromatic nitrogens is 2. The minimum Gasteiger partial charge on any atom is -0.368 e. The van der Waals surface area contributed by atoms with Crippen molar-refractivity contribution in [3.05, 3.63) is 72.6 Å². The molecule has 0 aliphatic rings. The highest BCUT2D eigenvalue weighted by Crippen LogP contribution is 2.24. The Morgan fingerprint density at radius 1 is 0.912 bits per heavy atom. The molecule has 1 atom stereocenters. The number of hydrogen-bond donors (Lipinski definition) is 3. The molecular formula is C27H29N5O2. The second kappa shape index (κ2) is 10.3. The van der Waals surface area contributed by atoms with Crippen molar-refractivity contribution in [3.63, 3.8) is 0 Å². The van der Waals surface area contributed by atoms with Crippen molar-refractivity contribution in [2.75, 3.05) is 10.6 Å². The van der Waals surface area contributed by atoms with Crippen LogP contribution >= 0.6 is 0 Å². The number of para-hydroxylation sites is 1. The molecule has 0 radical (unpaired) electrons. The van der Waals surface area contributed by atoms with E-state index in [9.17, 15) is 9.59 Å². The number of nitrogens with one attached hydrogen (secondary N) is 2. The topological polar surface area (TPSA) is 110 Å². The summed E-state index contributed by atoms with van der Waals surface area (Å²) in [5.74, 6) is 0.727. The molecule has 34 heavy (non-hydrogen) atoms. The lowest BCUT2D eigenvalue weighted by molar-refractivity contribution is -0.119. The molecule has 0 aliphatic heterocycles. The van der Waals surface area contributed by atoms with Crippen LogP contribution in [0.1, 0.15) is 32.5 Å². The maximum atomic E-state index is 12.6. The van der Waals surface area contributed by atoms with Crippen molar-refractivity contribution in [1.29, 1.82) is 0 Å². The number of aryl methyl sites for hydroxylation is 1. The average Bonchev–Trinajstić information content (AvgIpc) is 2.82. The van der Waals surface area contributed by atoms with Crippen LogP contribution in [0.2, 0.25) is 0 Å². The number of anilines is 2. The number of amides is 2. The highest BCUT2D eigenvalue weighted by molar-refractivity contribution is 6.02. The van der Waals surface area contributed by atoms with Gasteiger partial charge in [0.2, 0.25) is 11.8 Å². The van der Waals surface area contributed by atoms with Crippen LogP contribution in [-0.2, 0) is 16.0 Å². The van der Waals surface area contributed by atoms with Crippen LogP contribution in [0.5, 0.6) is 0 Å². The predicted octanol–water partition coefficient (Wildman–Crippen LogP) is 4.67. The molecule has 0 saturated heterocycles. The van der Waals surface area contributed by atoms with Gasteiger partial charge >= 0.3 is 0 Å². The third kappa shape index (κ3) is 5.31. The van der Waals surface area contributed by atoms with Gasteiger partial charge < -0.3 is 16.4 Å². The van der Waals surface area contributed by atoms with Gasteiger partial charge in [0, 0.05) is 29.3 Å². The van der Waals surface area contributed by atoms with E-state index in [1.807, 2.05) is 80.6 Å². The van der Waals surface area contributed by atoms with Crippen LogP contribution in [0, 0.1) is 5.92 Å². The summed E-state index contributed by atoms with van der Waals surface area (Å²) in [6, 6.07) is 20.9. The smallest absolute Gasteiger partial charge is 0.240 e. The molecule has 4 N–H and O–H groups in total. The largest absolute Gasteiger partial charge is 0.368 e. The molecule has 1 aromatic heterocycles. The van der Waals surface area contributed by atoms with Crippen LogP contribution in [0.4, 0.5) is 11.5 Å². The van der Waals surface area contributed by atoms with Crippen molar-refractivity contribution in [2.24, 2.45) is 11.7 Å². The normalized spacial score (nSPS) is 12.1. The Morgan fingerprint density at radius 2 is 1.62 bits per heavy atom. The van der Waals surface area contributed by atoms with Gasteiger partial charge in [-0.3, -0.25) is 9.59 Å². The number of carbonyl (C=O) groups is 2. The quantitative estimate of drug-likeness (QED) is 0.340. The summed E-state index contributed by atoms with van der Waals surface area (Å²) in [5.41, 5.74) is 7.18. The third-order valence-corrected chi connectivity index (χ3v) is 5.78. The molecule has 7 nitrogen and oxygen atoms in total. The highest BCUT2D eigenvalue weighted by atomic mass is 16.2. The van der Waals surface area contributed by atoms with Crippen LogP contribution < -0.4 is 16.4 Å². The fourth-order valence-electron chi connectivity index (χ4n) is 4.01. The molecule has 174 valence electrons. The van der Waals surface area contributed by atoms with Crippen molar-refractivity contribution >= 4 is 45.0 Å². The summed E-state index contributed by atoms with van der Waals surface area (Å²) in [5, 5.41) is 9.15. The van der Waals surface area contributed by atoms with E-state index in [4.69, 9.17) is 5.73 Å². The van der Waals surface area contributed by atoms with E-state index in [0.29, 0.717) is 30.9 Å². The van der Waals surface area contributed by atoms with Gasteiger partial charge in [0.15, 0.2) is 0 Å². The number of fused-ring (bicyclic) bond motifs is 2. The standard InChI is InChI=1S/C27H29N5O2/c1-17(2)25(26(28)34)32-27-20-12-5-6-13-22(20)29-23(31-27)15-8-16-24(33)30-21-14-7-10-18-9-3-4-11-19(18)21/h3-7,9-14,17,25H,8,15-16H2,1-2H3,(H2,28,34)(H,30,33)(H,29,31,32)/t25-/m0/s1. The molecule has 0 fully saturated rings. The fourth-order valence-corrected chi connectivity index (χ4v) is 4.01. The first-order chi connectivity index (χ1) is 16.4. The zero-order chi connectivity index (χ0) is 24.1. The number of nitrogens with zero attached hydrogens (tertiary/aromatic N) is 2. The van der Waals surface area contributed by atoms with E-state index in [2.05, 4.69) is 20.6 Å². The number of benzene rings is 3. The van der Waals surface area contributed by atoms with E-state index >= 15 is 0 Å². The SMILES string of the molecule is CC(C)[C@H](Nc1nc(CCCC(=O)Nc2cccc3ccccc23)nc2ccccc12)C(N)=O. The Kier molecular flexibility index (Phi) is 7.01. The molecule has 3 aromatic carbocycles. The summed E-state index contributed by atoms with van der Waals surface area (Å²) < 4.78 is 0. The van der Waals surface area contributed by atoms with Crippen molar-refractivity contribution < 1.29 is 9.59 Å². The van der Waals surface area contributed by atoms with Crippen LogP contribution in [0.3, 0.4) is 0 Å². The summed E-state index contributed by atoms with van der Waals surface area (Å²) in [6.45, 7) is 3.86. The van der Waals surface area contributed by atoms with Crippen LogP contribution in [-0.4, -0.2) is 27.8 Å². The van der Waals surface area contributed by atoms with Gasteiger partial charge in [-0.05, 0) is 35.9 Å². The number of rotatable bonds is 9. The molecule has 0 unspecified atom stereocenters. The first-order valence-electron chi connectivity index (χ1n) is 11.5. The van der Waals surface area contributed by atoms with E-state index in [1.165, 1.54) is 0 Å². The lowest BCUT2D eigenvalue weighted by Gasteiger charge is -2.21. The Hall–Kier alpha value is -4.00. The Morgan fingerprint density at radius 3 is 2.38 bits per heavy atom. The number of primary amides is 1. The average molecular weight is 456 g/mol. The van der Waals surface area contributed by atoms with Gasteiger partial charge in [-0.25, -0.2) is 9.97 Å². The molecule has 0 spiro atoms. The van der Waals surface area contributed by atoms with E-state index in [-0.39, 0.29) is 11.8 Å². The predicted molar refractivity (Wildman–Crippen MR) is 136 cm³/mol. The van der Waals surface area contributed by atoms with E-state index in [1.54, 1.807) is 0 Å². The molecular weight excluding hydrogens is 426 g/mol. The van der Waals surface area contributed by atoms with E-state index in [0.717, 1.165) is 27.4 Å². The molecule has 2 amide bonds. The molecule has 1 heterocycles. The molecule has 0 aliphatic carbocycles. The number of hydrogen-bond acceptors (Lipinski definition) is 5. The lowest BCUT2D eigenvalue weighted by atomic mass is 10.0. The molecule has 7 heteroatoms. The maximum Gasteiger partial charge on any atom is 0.240 e. The Bertz CT molecular complexity index is 1330. The minimum atomic E-state index is -0.544. The summed E-state index contributed by atoms with van der Waals surface area (Å²) in [4.78, 5) is 33.8. The lowest BCUT2D eigenvalue weighted by Crippen LogP contribution is -2.39. The van der Waals surface area contributed by atoms with Gasteiger partial charge in [0.05, 0.1) is 5.52 Å². The maximum absolute atomic E-state index is 12.6. The summed E-state index contributed by atoms with van der Waals surface area (Å²) >= 11 is 0. The number of nitrogens with two attached hydrogens (primary N) is 1. The first kappa shape index (κ1) is 23.2. The van der Waals surface area contributed by atoms with Crippen LogP contribution in [0.25, 0.3) is 21.7 Å². The molecule has 4 aromatic rings. The molecule has 0 bridgehead atoms. The Balaban J connectivity index is 1.46. The van der Waals surface area contributed by atoms with Gasteiger partial charge in [-0.1, -0.05) is 62.4 Å². The summed E-state index contributed by atoms with van der Waals surface area (Å²) in [7, 11) is 0. The van der Waals surface area contributed by atoms with Gasteiger partial charge in [-0.2, -0.15) is 0 Å². The zero-order valence-electron chi connectivity index (χ0n) is 19.4. The van der Waals surface area contributed by atoms with Gasteiger partial charge in [0.1, 0.15) is 17.7 Å². The van der Waals surface area contributed by atoms with Gasteiger partial charge in [0.25, 0.3) is 0 Å². The number of carbonyl (C=O) groups excluding carboxylic acids is 2. The molecule has 4 rings (SSSR count). The fraction of sp³-hybridized carbons (Fsp3) is 0.259. The van der Waals surface area contributed by atoms with E-state index < -0.39 is 11.9 Å². The monoisotopic (exact) mass is 455 g/mol. The second-order valence-electron chi connectivity index (χ2n) is 8.70. The van der Waals surface area contributed by atoms with Crippen LogP contribution in [0.15, 0.2) is 66.7 Å². The first-order valence-corrected chi connectivity index (χ1v) is 11.5. The zero-order valence-corrected chi connectivity index (χ0v) is 19.4. The second-order valence-corrected chi connectivity index (χ2v) is 8.70. The minimum absolute atomic E-state index is 0.00689. The summed E-state index contributed by atoms with van der Waals surface area (Å²) in [6.07, 6.45) is 1.47. The Labute approximate surface area is 198 Å². The highest BCUT2D eigenvalue weighted by Gasteiger charge is 2.21. The third-order valence-electron chi connectivity index (χ3n) is 5.78. The molecule has 0 saturated carbocycles. The van der Waals surface area contributed by atoms with Crippen molar-refractivity contribution in [1.82, 2.24) is 9.97 Å². The van der Waals surface area contributed by atoms with Crippen molar-refractivity contribution in [3.8, 4) is 0 Å². The van der Waals surface area contributed by atoms with Crippen molar-refractivity contribution in [2.45, 2.75) is 39.2 Å². The van der Waals surface area contributed by atoms with Gasteiger partial charge in [-0.15, -0.1) is 0 Å².